The standard InChI is InChI=1S/C45H36N2/c1-45(2)39-18-10-12-20-43(39)47(36-25-21-32(22-26-36)31-13-5-3-6-14-31)44-28-24-34(30-40(44)45)33-23-27-42-38(29-33)37-17-9-11-19-41(37)46(42)35-15-7-4-8-16-35/h3-30,38,42H,1-2H3. The minimum atomic E-state index is -0.159. The Balaban J connectivity index is 1.13. The van der Waals surface area contributed by atoms with Crippen LogP contribution in [0.25, 0.3) is 16.7 Å². The van der Waals surface area contributed by atoms with E-state index in [1.165, 1.54) is 67.4 Å². The summed E-state index contributed by atoms with van der Waals surface area (Å²) in [5.41, 5.74) is 15.1. The van der Waals surface area contributed by atoms with Crippen molar-refractivity contribution in [3.05, 3.63) is 192 Å². The predicted molar refractivity (Wildman–Crippen MR) is 197 cm³/mol. The third-order valence-electron chi connectivity index (χ3n) is 10.4. The average Bonchev–Trinajstić information content (AvgIpc) is 3.46. The first-order valence-electron chi connectivity index (χ1n) is 16.6. The molecule has 2 nitrogen and oxygen atoms in total. The van der Waals surface area contributed by atoms with Crippen molar-refractivity contribution >= 4 is 34.0 Å². The lowest BCUT2D eigenvalue weighted by molar-refractivity contribution is 0.631. The van der Waals surface area contributed by atoms with Crippen LogP contribution in [0.3, 0.4) is 0 Å². The second-order valence-electron chi connectivity index (χ2n) is 13.4. The molecule has 9 rings (SSSR count). The minimum absolute atomic E-state index is 0.159. The van der Waals surface area contributed by atoms with Gasteiger partial charge >= 0.3 is 0 Å². The summed E-state index contributed by atoms with van der Waals surface area (Å²) >= 11 is 0. The van der Waals surface area contributed by atoms with Crippen LogP contribution in [-0.4, -0.2) is 6.04 Å². The maximum Gasteiger partial charge on any atom is 0.0630 e. The average molecular weight is 605 g/mol. The van der Waals surface area contributed by atoms with Gasteiger partial charge in [-0.05, 0) is 87.5 Å². The van der Waals surface area contributed by atoms with Crippen molar-refractivity contribution in [2.24, 2.45) is 0 Å². The van der Waals surface area contributed by atoms with Crippen molar-refractivity contribution in [2.75, 3.05) is 9.80 Å². The number of fused-ring (bicyclic) bond motifs is 5. The van der Waals surface area contributed by atoms with Crippen LogP contribution >= 0.6 is 0 Å². The highest BCUT2D eigenvalue weighted by molar-refractivity contribution is 5.89. The van der Waals surface area contributed by atoms with Crippen molar-refractivity contribution in [1.82, 2.24) is 0 Å². The quantitative estimate of drug-likeness (QED) is 0.197. The van der Waals surface area contributed by atoms with E-state index in [0.717, 1.165) is 0 Å². The zero-order valence-electron chi connectivity index (χ0n) is 26.7. The van der Waals surface area contributed by atoms with E-state index in [2.05, 4.69) is 194 Å². The van der Waals surface area contributed by atoms with E-state index in [4.69, 9.17) is 0 Å². The molecule has 1 aliphatic carbocycles. The Morgan fingerprint density at radius 3 is 1.91 bits per heavy atom. The van der Waals surface area contributed by atoms with E-state index >= 15 is 0 Å². The summed E-state index contributed by atoms with van der Waals surface area (Å²) in [6.07, 6.45) is 7.25. The Morgan fingerprint density at radius 2 is 1.13 bits per heavy atom. The summed E-state index contributed by atoms with van der Waals surface area (Å²) in [4.78, 5) is 4.94. The lowest BCUT2D eigenvalue weighted by Gasteiger charge is -2.42. The molecule has 6 aromatic rings. The zero-order valence-corrected chi connectivity index (χ0v) is 26.7. The first-order chi connectivity index (χ1) is 23.1. The van der Waals surface area contributed by atoms with Crippen LogP contribution in [0, 0.1) is 0 Å². The molecule has 0 radical (unpaired) electrons. The Kier molecular flexibility index (Phi) is 6.33. The first kappa shape index (κ1) is 27.7. The molecule has 2 aliphatic heterocycles. The van der Waals surface area contributed by atoms with Crippen molar-refractivity contribution in [3.8, 4) is 11.1 Å². The highest BCUT2D eigenvalue weighted by Crippen LogP contribution is 2.53. The van der Waals surface area contributed by atoms with Crippen molar-refractivity contribution < 1.29 is 0 Å². The Morgan fingerprint density at radius 1 is 0.511 bits per heavy atom. The summed E-state index contributed by atoms with van der Waals surface area (Å²) < 4.78 is 0. The molecule has 2 unspecified atom stereocenters. The smallest absolute Gasteiger partial charge is 0.0630 e. The SMILES string of the molecule is CC1(C)c2ccccc2N(c2ccc(-c3ccccc3)cc2)c2ccc(C3=CC4c5ccccc5N(c5ccccc5)C4C=C3)cc21. The summed E-state index contributed by atoms with van der Waals surface area (Å²) in [7, 11) is 0. The largest absolute Gasteiger partial charge is 0.333 e. The fourth-order valence-corrected chi connectivity index (χ4v) is 8.03. The second-order valence-corrected chi connectivity index (χ2v) is 13.4. The third-order valence-corrected chi connectivity index (χ3v) is 10.4. The predicted octanol–water partition coefficient (Wildman–Crippen LogP) is 11.7. The molecule has 0 amide bonds. The minimum Gasteiger partial charge on any atom is -0.333 e. The van der Waals surface area contributed by atoms with Gasteiger partial charge in [0.2, 0.25) is 0 Å². The summed E-state index contributed by atoms with van der Waals surface area (Å²) in [6, 6.07) is 55.6. The molecular weight excluding hydrogens is 569 g/mol. The summed E-state index contributed by atoms with van der Waals surface area (Å²) in [5, 5.41) is 0. The van der Waals surface area contributed by atoms with Crippen molar-refractivity contribution in [1.29, 1.82) is 0 Å². The molecule has 0 spiro atoms. The van der Waals surface area contributed by atoms with E-state index in [9.17, 15) is 0 Å². The van der Waals surface area contributed by atoms with E-state index in [-0.39, 0.29) is 17.4 Å². The van der Waals surface area contributed by atoms with Gasteiger partial charge in [0.1, 0.15) is 0 Å². The molecule has 2 heteroatoms. The molecule has 0 saturated heterocycles. The number of nitrogens with zero attached hydrogens (tertiary/aromatic N) is 2. The Labute approximate surface area is 277 Å². The molecule has 0 aromatic heterocycles. The monoisotopic (exact) mass is 604 g/mol. The maximum atomic E-state index is 2.50. The van der Waals surface area contributed by atoms with Gasteiger partial charge in [-0.3, -0.25) is 0 Å². The summed E-state index contributed by atoms with van der Waals surface area (Å²) in [6.45, 7) is 4.74. The Hall–Kier alpha value is -5.60. The number of hydrogen-bond donors (Lipinski definition) is 0. The fourth-order valence-electron chi connectivity index (χ4n) is 8.03. The second kappa shape index (κ2) is 10.7. The molecule has 226 valence electrons. The molecule has 2 atom stereocenters. The van der Waals surface area contributed by atoms with Crippen LogP contribution in [-0.2, 0) is 5.41 Å². The number of rotatable bonds is 4. The van der Waals surface area contributed by atoms with E-state index in [1.807, 2.05) is 0 Å². The molecule has 0 fully saturated rings. The number of allylic oxidation sites excluding steroid dienone is 2. The van der Waals surface area contributed by atoms with Crippen LogP contribution in [0.5, 0.6) is 0 Å². The van der Waals surface area contributed by atoms with Gasteiger partial charge in [-0.25, -0.2) is 0 Å². The van der Waals surface area contributed by atoms with Gasteiger partial charge in [0, 0.05) is 28.4 Å². The van der Waals surface area contributed by atoms with Gasteiger partial charge < -0.3 is 9.80 Å². The van der Waals surface area contributed by atoms with Gasteiger partial charge in [-0.1, -0.05) is 135 Å². The number of hydrogen-bond acceptors (Lipinski definition) is 2. The molecule has 47 heavy (non-hydrogen) atoms. The first-order valence-corrected chi connectivity index (χ1v) is 16.6. The molecule has 0 saturated carbocycles. The van der Waals surface area contributed by atoms with Gasteiger partial charge in [0.05, 0.1) is 17.4 Å². The lowest BCUT2D eigenvalue weighted by Crippen LogP contribution is -2.31. The number of anilines is 5. The molecule has 0 N–H and O–H groups in total. The molecule has 0 bridgehead atoms. The van der Waals surface area contributed by atoms with Crippen LogP contribution in [0.2, 0.25) is 0 Å². The Bertz CT molecular complexity index is 2170. The van der Waals surface area contributed by atoms with E-state index < -0.39 is 0 Å². The van der Waals surface area contributed by atoms with E-state index in [0.29, 0.717) is 0 Å². The van der Waals surface area contributed by atoms with Gasteiger partial charge in [0.15, 0.2) is 0 Å². The highest BCUT2D eigenvalue weighted by Gasteiger charge is 2.39. The van der Waals surface area contributed by atoms with Crippen molar-refractivity contribution in [2.45, 2.75) is 31.2 Å². The van der Waals surface area contributed by atoms with Crippen LogP contribution in [0.15, 0.2) is 170 Å². The van der Waals surface area contributed by atoms with Crippen LogP contribution in [0.1, 0.15) is 42.0 Å². The number of para-hydroxylation sites is 3. The lowest BCUT2D eigenvalue weighted by atomic mass is 9.72. The van der Waals surface area contributed by atoms with Crippen LogP contribution < -0.4 is 9.80 Å². The fraction of sp³-hybridized carbons (Fsp3) is 0.111. The molecular formula is C45H36N2. The zero-order chi connectivity index (χ0) is 31.5. The normalized spacial score (nSPS) is 18.6. The molecule has 2 heterocycles. The molecule has 3 aliphatic rings. The van der Waals surface area contributed by atoms with Gasteiger partial charge in [0.25, 0.3) is 0 Å². The molecule has 6 aromatic carbocycles. The maximum absolute atomic E-state index is 2.50. The van der Waals surface area contributed by atoms with Gasteiger partial charge in [-0.2, -0.15) is 0 Å². The van der Waals surface area contributed by atoms with Crippen molar-refractivity contribution in [3.63, 3.8) is 0 Å². The number of benzene rings is 6. The van der Waals surface area contributed by atoms with E-state index in [1.54, 1.807) is 0 Å². The van der Waals surface area contributed by atoms with Crippen LogP contribution in [0.4, 0.5) is 28.4 Å². The van der Waals surface area contributed by atoms with Gasteiger partial charge in [-0.15, -0.1) is 0 Å². The summed E-state index contributed by atoms with van der Waals surface area (Å²) in [5.74, 6) is 0.288. The topological polar surface area (TPSA) is 6.48 Å². The highest BCUT2D eigenvalue weighted by atomic mass is 15.2. The third kappa shape index (κ3) is 4.40.